The molecule has 0 aliphatic carbocycles. The molecule has 0 aliphatic heterocycles. The van der Waals surface area contributed by atoms with Crippen LogP contribution >= 0.6 is 0 Å². The number of nitrogens with two attached hydrogens (primary N) is 1. The van der Waals surface area contributed by atoms with Crippen molar-refractivity contribution < 1.29 is 18.3 Å². The molecule has 0 fully saturated rings. The summed E-state index contributed by atoms with van der Waals surface area (Å²) in [6.45, 7) is 1.85. The molecule has 3 aromatic rings. The van der Waals surface area contributed by atoms with E-state index >= 15 is 0 Å². The molecular formula is C23H22F2N4O2. The zero-order chi connectivity index (χ0) is 22.4. The smallest absolute Gasteiger partial charge is 0.254 e. The van der Waals surface area contributed by atoms with Crippen molar-refractivity contribution >= 4 is 11.7 Å². The van der Waals surface area contributed by atoms with Crippen molar-refractivity contribution in [3.8, 4) is 11.1 Å². The number of aromatic nitrogens is 1. The maximum atomic E-state index is 14.9. The number of carbonyl (C=O) groups is 1. The summed E-state index contributed by atoms with van der Waals surface area (Å²) in [5, 5.41) is 10.0. The summed E-state index contributed by atoms with van der Waals surface area (Å²) in [6, 6.07) is 12.4. The van der Waals surface area contributed by atoms with Gasteiger partial charge < -0.3 is 15.8 Å². The summed E-state index contributed by atoms with van der Waals surface area (Å²) < 4.78 is 35.1. The van der Waals surface area contributed by atoms with E-state index in [-0.39, 0.29) is 19.0 Å². The summed E-state index contributed by atoms with van der Waals surface area (Å²) in [5.41, 5.74) is 7.14. The van der Waals surface area contributed by atoms with Gasteiger partial charge in [0.2, 0.25) is 0 Å². The van der Waals surface area contributed by atoms with Crippen LogP contribution in [0.5, 0.6) is 0 Å². The molecule has 0 bridgehead atoms. The minimum atomic E-state index is -1.44. The first-order chi connectivity index (χ1) is 14.9. The van der Waals surface area contributed by atoms with Crippen molar-refractivity contribution in [3.05, 3.63) is 89.2 Å². The SMILES string of the molecule is CCOC(C(=O)NCc1ccc(C(=N)N)cc1)c1c(F)cc(-c2cccnc2)cc1F. The normalized spacial score (nSPS) is 11.7. The van der Waals surface area contributed by atoms with Gasteiger partial charge in [-0.05, 0) is 36.2 Å². The molecule has 0 saturated carbocycles. The monoisotopic (exact) mass is 424 g/mol. The lowest BCUT2D eigenvalue weighted by atomic mass is 10.0. The Hall–Kier alpha value is -3.65. The highest BCUT2D eigenvalue weighted by molar-refractivity contribution is 5.94. The van der Waals surface area contributed by atoms with E-state index in [9.17, 15) is 13.6 Å². The fraction of sp³-hybridized carbons (Fsp3) is 0.174. The van der Waals surface area contributed by atoms with Crippen LogP contribution in [0.2, 0.25) is 0 Å². The van der Waals surface area contributed by atoms with Crippen LogP contribution in [0, 0.1) is 17.0 Å². The van der Waals surface area contributed by atoms with E-state index < -0.39 is 29.2 Å². The van der Waals surface area contributed by atoms with Gasteiger partial charge >= 0.3 is 0 Å². The largest absolute Gasteiger partial charge is 0.384 e. The number of nitrogen functional groups attached to an aromatic ring is 1. The Morgan fingerprint density at radius 1 is 1.16 bits per heavy atom. The molecule has 2 aromatic carbocycles. The number of nitrogens with one attached hydrogen (secondary N) is 2. The zero-order valence-corrected chi connectivity index (χ0v) is 16.9. The number of halogens is 2. The molecule has 4 N–H and O–H groups in total. The fourth-order valence-corrected chi connectivity index (χ4v) is 3.08. The van der Waals surface area contributed by atoms with E-state index in [4.69, 9.17) is 15.9 Å². The molecule has 1 heterocycles. The average molecular weight is 424 g/mol. The Kier molecular flexibility index (Phi) is 7.04. The standard InChI is InChI=1S/C23H22F2N4O2/c1-2-31-21(23(30)29-12-14-5-7-15(8-6-14)22(26)27)20-18(24)10-17(11-19(20)25)16-4-3-9-28-13-16/h3-11,13,21H,2,12H2,1H3,(H3,26,27)(H,29,30). The minimum Gasteiger partial charge on any atom is -0.384 e. The van der Waals surface area contributed by atoms with Crippen molar-refractivity contribution in [3.63, 3.8) is 0 Å². The summed E-state index contributed by atoms with van der Waals surface area (Å²) in [5.74, 6) is -2.48. The van der Waals surface area contributed by atoms with Gasteiger partial charge in [-0.15, -0.1) is 0 Å². The summed E-state index contributed by atoms with van der Waals surface area (Å²) in [4.78, 5) is 16.7. The van der Waals surface area contributed by atoms with Crippen LogP contribution in [-0.2, 0) is 16.1 Å². The number of pyridine rings is 1. The number of hydrogen-bond acceptors (Lipinski definition) is 4. The fourth-order valence-electron chi connectivity index (χ4n) is 3.08. The number of hydrogen-bond donors (Lipinski definition) is 3. The predicted molar refractivity (Wildman–Crippen MR) is 113 cm³/mol. The third-order valence-corrected chi connectivity index (χ3v) is 4.64. The lowest BCUT2D eigenvalue weighted by Crippen LogP contribution is -2.31. The van der Waals surface area contributed by atoms with E-state index in [0.29, 0.717) is 16.7 Å². The quantitative estimate of drug-likeness (QED) is 0.379. The lowest BCUT2D eigenvalue weighted by Gasteiger charge is -2.19. The van der Waals surface area contributed by atoms with E-state index in [1.165, 1.54) is 6.20 Å². The van der Waals surface area contributed by atoms with Crippen LogP contribution in [0.1, 0.15) is 29.7 Å². The Labute approximate surface area is 178 Å². The van der Waals surface area contributed by atoms with Gasteiger partial charge in [-0.2, -0.15) is 0 Å². The van der Waals surface area contributed by atoms with Gasteiger partial charge in [0, 0.05) is 36.7 Å². The van der Waals surface area contributed by atoms with Crippen molar-refractivity contribution in [1.82, 2.24) is 10.3 Å². The number of rotatable bonds is 8. The second-order valence-electron chi connectivity index (χ2n) is 6.76. The molecule has 0 spiro atoms. The molecule has 31 heavy (non-hydrogen) atoms. The summed E-state index contributed by atoms with van der Waals surface area (Å²) in [7, 11) is 0. The second kappa shape index (κ2) is 9.90. The number of carbonyl (C=O) groups excluding carboxylic acids is 1. The first kappa shape index (κ1) is 22.0. The maximum absolute atomic E-state index is 14.9. The van der Waals surface area contributed by atoms with Gasteiger partial charge in [-0.3, -0.25) is 15.2 Å². The molecule has 1 atom stereocenters. The first-order valence-corrected chi connectivity index (χ1v) is 9.62. The molecule has 1 aromatic heterocycles. The van der Waals surface area contributed by atoms with Crippen molar-refractivity contribution in [2.45, 2.75) is 19.6 Å². The van der Waals surface area contributed by atoms with Gasteiger partial charge in [-0.1, -0.05) is 30.3 Å². The molecule has 6 nitrogen and oxygen atoms in total. The second-order valence-corrected chi connectivity index (χ2v) is 6.76. The van der Waals surface area contributed by atoms with Crippen LogP contribution in [0.4, 0.5) is 8.78 Å². The van der Waals surface area contributed by atoms with Crippen molar-refractivity contribution in [2.75, 3.05) is 6.61 Å². The molecule has 0 aliphatic rings. The van der Waals surface area contributed by atoms with Gasteiger partial charge in [-0.25, -0.2) is 8.78 Å². The zero-order valence-electron chi connectivity index (χ0n) is 16.9. The highest BCUT2D eigenvalue weighted by Crippen LogP contribution is 2.29. The van der Waals surface area contributed by atoms with Crippen molar-refractivity contribution in [2.24, 2.45) is 5.73 Å². The number of amidine groups is 1. The lowest BCUT2D eigenvalue weighted by molar-refractivity contribution is -0.133. The topological polar surface area (TPSA) is 101 Å². The van der Waals surface area contributed by atoms with Crippen molar-refractivity contribution in [1.29, 1.82) is 5.41 Å². The molecule has 1 unspecified atom stereocenters. The third kappa shape index (κ3) is 5.29. The average Bonchev–Trinajstić information content (AvgIpc) is 2.77. The molecule has 0 saturated heterocycles. The van der Waals surface area contributed by atoms with E-state index in [2.05, 4.69) is 10.3 Å². The third-order valence-electron chi connectivity index (χ3n) is 4.64. The number of benzene rings is 2. The van der Waals surface area contributed by atoms with Gasteiger partial charge in [0.25, 0.3) is 5.91 Å². The van der Waals surface area contributed by atoms with Crippen LogP contribution in [0.3, 0.4) is 0 Å². The number of nitrogens with zero attached hydrogens (tertiary/aromatic N) is 1. The summed E-state index contributed by atoms with van der Waals surface area (Å²) >= 11 is 0. The highest BCUT2D eigenvalue weighted by atomic mass is 19.1. The Bertz CT molecular complexity index is 1050. The van der Waals surface area contributed by atoms with E-state index in [1.807, 2.05) is 0 Å². The Morgan fingerprint density at radius 3 is 2.39 bits per heavy atom. The van der Waals surface area contributed by atoms with Crippen LogP contribution in [0.15, 0.2) is 60.9 Å². The summed E-state index contributed by atoms with van der Waals surface area (Å²) in [6.07, 6.45) is 1.62. The molecule has 0 radical (unpaired) electrons. The maximum Gasteiger partial charge on any atom is 0.254 e. The van der Waals surface area contributed by atoms with Crippen LogP contribution < -0.4 is 11.1 Å². The molecule has 8 heteroatoms. The highest BCUT2D eigenvalue weighted by Gasteiger charge is 2.28. The van der Waals surface area contributed by atoms with Gasteiger partial charge in [0.1, 0.15) is 17.5 Å². The van der Waals surface area contributed by atoms with Crippen LogP contribution in [0.25, 0.3) is 11.1 Å². The van der Waals surface area contributed by atoms with E-state index in [1.54, 1.807) is 49.5 Å². The Morgan fingerprint density at radius 2 is 1.84 bits per heavy atom. The Balaban J connectivity index is 1.80. The molecule has 3 rings (SSSR count). The minimum absolute atomic E-state index is 0.0623. The molecule has 1 amide bonds. The van der Waals surface area contributed by atoms with Gasteiger partial charge in [0.15, 0.2) is 6.10 Å². The molecular weight excluding hydrogens is 402 g/mol. The number of ether oxygens (including phenoxy) is 1. The predicted octanol–water partition coefficient (Wildman–Crippen LogP) is 3.70. The number of amides is 1. The van der Waals surface area contributed by atoms with Crippen LogP contribution in [-0.4, -0.2) is 23.3 Å². The molecule has 160 valence electrons. The van der Waals surface area contributed by atoms with E-state index in [0.717, 1.165) is 17.7 Å². The van der Waals surface area contributed by atoms with Gasteiger partial charge in [0.05, 0.1) is 5.56 Å². The first-order valence-electron chi connectivity index (χ1n) is 9.62.